The van der Waals surface area contributed by atoms with Crippen molar-refractivity contribution in [2.75, 3.05) is 38.8 Å². The van der Waals surface area contributed by atoms with Crippen molar-refractivity contribution in [2.45, 2.75) is 38.8 Å². The highest BCUT2D eigenvalue weighted by Crippen LogP contribution is 2.28. The predicted molar refractivity (Wildman–Crippen MR) is 110 cm³/mol. The highest BCUT2D eigenvalue weighted by atomic mass is 16.5. The van der Waals surface area contributed by atoms with Crippen LogP contribution >= 0.6 is 0 Å². The van der Waals surface area contributed by atoms with Gasteiger partial charge in [-0.15, -0.1) is 0 Å². The Kier molecular flexibility index (Phi) is 6.56. The van der Waals surface area contributed by atoms with E-state index in [4.69, 9.17) is 9.47 Å². The van der Waals surface area contributed by atoms with Gasteiger partial charge in [-0.2, -0.15) is 0 Å². The first-order valence-electron chi connectivity index (χ1n) is 9.75. The van der Waals surface area contributed by atoms with E-state index < -0.39 is 0 Å². The second-order valence-electron chi connectivity index (χ2n) is 7.32. The van der Waals surface area contributed by atoms with E-state index in [-0.39, 0.29) is 0 Å². The molecule has 0 bridgehead atoms. The lowest BCUT2D eigenvalue weighted by atomic mass is 10.0. The molecule has 2 heterocycles. The van der Waals surface area contributed by atoms with Crippen molar-refractivity contribution in [3.8, 4) is 11.5 Å². The van der Waals surface area contributed by atoms with Gasteiger partial charge in [-0.05, 0) is 63.1 Å². The smallest absolute Gasteiger partial charge is 0.160 e. The Hall–Kier alpha value is -2.27. The fraction of sp³-hybridized carbons (Fsp3) is 0.500. The van der Waals surface area contributed by atoms with Crippen LogP contribution in [0.3, 0.4) is 0 Å². The largest absolute Gasteiger partial charge is 0.493 e. The number of piperazine rings is 1. The summed E-state index contributed by atoms with van der Waals surface area (Å²) in [6, 6.07) is 13.4. The molecule has 1 aliphatic heterocycles. The first-order chi connectivity index (χ1) is 13.1. The van der Waals surface area contributed by atoms with Crippen LogP contribution < -0.4 is 14.4 Å². The summed E-state index contributed by atoms with van der Waals surface area (Å²) in [5.74, 6) is 2.68. The van der Waals surface area contributed by atoms with Crippen LogP contribution in [0.1, 0.15) is 25.8 Å². The van der Waals surface area contributed by atoms with Crippen LogP contribution in [-0.4, -0.2) is 55.8 Å². The molecule has 0 saturated carbocycles. The summed E-state index contributed by atoms with van der Waals surface area (Å²) in [4.78, 5) is 9.54. The lowest BCUT2D eigenvalue weighted by Gasteiger charge is -2.45. The number of aromatic nitrogens is 1. The van der Waals surface area contributed by atoms with Crippen molar-refractivity contribution in [3.63, 3.8) is 0 Å². The minimum Gasteiger partial charge on any atom is -0.493 e. The van der Waals surface area contributed by atoms with Gasteiger partial charge in [0.25, 0.3) is 0 Å². The van der Waals surface area contributed by atoms with Gasteiger partial charge in [-0.25, -0.2) is 4.98 Å². The summed E-state index contributed by atoms with van der Waals surface area (Å²) in [6.45, 7) is 7.80. The molecule has 0 spiro atoms. The first kappa shape index (κ1) is 19.5. The van der Waals surface area contributed by atoms with Crippen molar-refractivity contribution in [3.05, 3.63) is 48.2 Å². The number of nitrogens with zero attached hydrogens (tertiary/aromatic N) is 3. The molecule has 27 heavy (non-hydrogen) atoms. The number of ether oxygens (including phenoxy) is 2. The Morgan fingerprint density at radius 1 is 1.00 bits per heavy atom. The summed E-state index contributed by atoms with van der Waals surface area (Å²) in [5, 5.41) is 0. The van der Waals surface area contributed by atoms with Crippen molar-refractivity contribution in [1.82, 2.24) is 9.88 Å². The van der Waals surface area contributed by atoms with E-state index in [1.807, 2.05) is 18.3 Å². The van der Waals surface area contributed by atoms with Crippen LogP contribution in [-0.2, 0) is 6.42 Å². The monoisotopic (exact) mass is 369 g/mol. The predicted octanol–water partition coefficient (Wildman–Crippen LogP) is 3.63. The van der Waals surface area contributed by atoms with E-state index in [0.717, 1.165) is 49.8 Å². The van der Waals surface area contributed by atoms with E-state index >= 15 is 0 Å². The molecule has 2 atom stereocenters. The topological polar surface area (TPSA) is 37.8 Å². The Morgan fingerprint density at radius 2 is 1.74 bits per heavy atom. The van der Waals surface area contributed by atoms with Gasteiger partial charge >= 0.3 is 0 Å². The first-order valence-corrected chi connectivity index (χ1v) is 9.75. The Labute approximate surface area is 162 Å². The third kappa shape index (κ3) is 4.72. The molecule has 0 amide bonds. The minimum atomic E-state index is 0.515. The number of aryl methyl sites for hydroxylation is 1. The van der Waals surface area contributed by atoms with Crippen molar-refractivity contribution >= 4 is 5.82 Å². The minimum absolute atomic E-state index is 0.515. The van der Waals surface area contributed by atoms with Gasteiger partial charge < -0.3 is 14.4 Å². The number of hydrogen-bond acceptors (Lipinski definition) is 5. The molecule has 2 unspecified atom stereocenters. The van der Waals surface area contributed by atoms with E-state index in [1.165, 1.54) is 5.56 Å². The lowest BCUT2D eigenvalue weighted by molar-refractivity contribution is 0.130. The highest BCUT2D eigenvalue weighted by molar-refractivity contribution is 5.43. The van der Waals surface area contributed by atoms with Crippen LogP contribution in [0.25, 0.3) is 0 Å². The molecule has 5 nitrogen and oxygen atoms in total. The molecule has 146 valence electrons. The second-order valence-corrected chi connectivity index (χ2v) is 7.32. The van der Waals surface area contributed by atoms with E-state index in [2.05, 4.69) is 52.9 Å². The number of pyridine rings is 1. The number of benzene rings is 1. The highest BCUT2D eigenvalue weighted by Gasteiger charge is 2.29. The van der Waals surface area contributed by atoms with Crippen LogP contribution in [0.4, 0.5) is 5.82 Å². The Bertz CT molecular complexity index is 711. The molecular formula is C22H31N3O2. The molecule has 2 aromatic rings. The summed E-state index contributed by atoms with van der Waals surface area (Å²) < 4.78 is 10.7. The fourth-order valence-corrected chi connectivity index (χ4v) is 4.03. The van der Waals surface area contributed by atoms with E-state index in [9.17, 15) is 0 Å². The number of rotatable bonds is 7. The van der Waals surface area contributed by atoms with Crippen molar-refractivity contribution in [1.29, 1.82) is 0 Å². The SMILES string of the molecule is COc1ccc(CCCN2C(C)CN(c3ccccn3)CC2C)cc1OC. The third-order valence-corrected chi connectivity index (χ3v) is 5.40. The Morgan fingerprint density at radius 3 is 2.37 bits per heavy atom. The molecule has 3 rings (SSSR count). The lowest BCUT2D eigenvalue weighted by Crippen LogP contribution is -2.57. The summed E-state index contributed by atoms with van der Waals surface area (Å²) >= 11 is 0. The molecule has 1 aromatic carbocycles. The molecule has 1 aromatic heterocycles. The molecule has 0 aliphatic carbocycles. The van der Waals surface area contributed by atoms with Gasteiger partial charge in [0.1, 0.15) is 5.82 Å². The zero-order valence-electron chi connectivity index (χ0n) is 16.9. The summed E-state index contributed by atoms with van der Waals surface area (Å²) in [6.07, 6.45) is 4.05. The van der Waals surface area contributed by atoms with Crippen LogP contribution in [0.15, 0.2) is 42.6 Å². The molecule has 1 aliphatic rings. The van der Waals surface area contributed by atoms with Gasteiger partial charge in [0.05, 0.1) is 14.2 Å². The van der Waals surface area contributed by atoms with Crippen molar-refractivity contribution < 1.29 is 9.47 Å². The molecule has 1 saturated heterocycles. The van der Waals surface area contributed by atoms with Gasteiger partial charge in [0.2, 0.25) is 0 Å². The summed E-state index contributed by atoms with van der Waals surface area (Å²) in [5.41, 5.74) is 1.29. The van der Waals surface area contributed by atoms with Crippen LogP contribution in [0, 0.1) is 0 Å². The number of hydrogen-bond donors (Lipinski definition) is 0. The molecule has 0 radical (unpaired) electrons. The second kappa shape index (κ2) is 9.09. The zero-order chi connectivity index (χ0) is 19.2. The van der Waals surface area contributed by atoms with Gasteiger partial charge in [0.15, 0.2) is 11.5 Å². The maximum Gasteiger partial charge on any atom is 0.160 e. The number of anilines is 1. The van der Waals surface area contributed by atoms with E-state index in [1.54, 1.807) is 14.2 Å². The maximum absolute atomic E-state index is 5.41. The summed E-state index contributed by atoms with van der Waals surface area (Å²) in [7, 11) is 3.36. The standard InChI is InChI=1S/C22H31N3O2/c1-17-15-24(22-9-5-6-12-23-22)16-18(2)25(17)13-7-8-19-10-11-20(26-3)21(14-19)27-4/h5-6,9-12,14,17-18H,7-8,13,15-16H2,1-4H3. The van der Waals surface area contributed by atoms with Gasteiger partial charge in [-0.1, -0.05) is 12.1 Å². The normalized spacial score (nSPS) is 20.5. The maximum atomic E-state index is 5.41. The van der Waals surface area contributed by atoms with Gasteiger partial charge in [0, 0.05) is 31.4 Å². The van der Waals surface area contributed by atoms with Gasteiger partial charge in [-0.3, -0.25) is 4.90 Å². The quantitative estimate of drug-likeness (QED) is 0.745. The average molecular weight is 370 g/mol. The molecule has 0 N–H and O–H groups in total. The number of methoxy groups -OCH3 is 2. The molecule has 1 fully saturated rings. The van der Waals surface area contributed by atoms with Crippen LogP contribution in [0.5, 0.6) is 11.5 Å². The van der Waals surface area contributed by atoms with E-state index in [0.29, 0.717) is 12.1 Å². The fourth-order valence-electron chi connectivity index (χ4n) is 4.03. The molecular weight excluding hydrogens is 338 g/mol. The van der Waals surface area contributed by atoms with Crippen molar-refractivity contribution in [2.24, 2.45) is 0 Å². The third-order valence-electron chi connectivity index (χ3n) is 5.40. The van der Waals surface area contributed by atoms with Crippen LogP contribution in [0.2, 0.25) is 0 Å². The Balaban J connectivity index is 1.54. The molecule has 5 heteroatoms. The zero-order valence-corrected chi connectivity index (χ0v) is 16.9. The average Bonchev–Trinajstić information content (AvgIpc) is 2.70.